The molecule has 0 saturated heterocycles. The Morgan fingerprint density at radius 2 is 2.00 bits per heavy atom. The lowest BCUT2D eigenvalue weighted by Crippen LogP contribution is -2.32. The van der Waals surface area contributed by atoms with Crippen LogP contribution in [-0.2, 0) is 11.4 Å². The smallest absolute Gasteiger partial charge is 0.251 e. The average Bonchev–Trinajstić information content (AvgIpc) is 3.19. The van der Waals surface area contributed by atoms with Crippen LogP contribution in [0, 0.1) is 6.92 Å². The van der Waals surface area contributed by atoms with Gasteiger partial charge in [-0.15, -0.1) is 0 Å². The van der Waals surface area contributed by atoms with E-state index in [1.54, 1.807) is 42.6 Å². The summed E-state index contributed by atoms with van der Waals surface area (Å²) in [6.07, 6.45) is 7.06. The number of benzene rings is 1. The maximum Gasteiger partial charge on any atom is 0.251 e. The lowest BCUT2D eigenvalue weighted by molar-refractivity contribution is -0.115. The van der Waals surface area contributed by atoms with Crippen molar-refractivity contribution < 1.29 is 14.3 Å². The maximum atomic E-state index is 12.4. The molecule has 2 amide bonds. The van der Waals surface area contributed by atoms with E-state index in [2.05, 4.69) is 20.6 Å². The van der Waals surface area contributed by atoms with Gasteiger partial charge in [0.1, 0.15) is 18.0 Å². The largest absolute Gasteiger partial charge is 0.487 e. The van der Waals surface area contributed by atoms with E-state index in [0.29, 0.717) is 17.0 Å². The van der Waals surface area contributed by atoms with Crippen molar-refractivity contribution in [3.05, 3.63) is 90.1 Å². The Bertz CT molecular complexity index is 1220. The fourth-order valence-corrected chi connectivity index (χ4v) is 3.01. The van der Waals surface area contributed by atoms with E-state index in [1.165, 1.54) is 6.20 Å². The SMILES string of the molecule is Cc1ccc2nc(COc3cccc(C(=O)NCC(=O)Nc4cccnc4)c3)cn2c1. The number of hydrogen-bond acceptors (Lipinski definition) is 5. The molecule has 0 radical (unpaired) electrons. The van der Waals surface area contributed by atoms with Crippen LogP contribution in [0.4, 0.5) is 5.69 Å². The second kappa shape index (κ2) is 9.08. The molecule has 8 heteroatoms. The van der Waals surface area contributed by atoms with Crippen LogP contribution < -0.4 is 15.4 Å². The number of carbonyl (C=O) groups excluding carboxylic acids is 2. The monoisotopic (exact) mass is 415 g/mol. The highest BCUT2D eigenvalue weighted by Gasteiger charge is 2.10. The summed E-state index contributed by atoms with van der Waals surface area (Å²) in [6.45, 7) is 2.15. The number of rotatable bonds is 7. The Kier molecular flexibility index (Phi) is 5.89. The van der Waals surface area contributed by atoms with E-state index in [-0.39, 0.29) is 25.0 Å². The molecule has 3 aromatic heterocycles. The highest BCUT2D eigenvalue weighted by Crippen LogP contribution is 2.16. The number of nitrogens with zero attached hydrogens (tertiary/aromatic N) is 3. The van der Waals surface area contributed by atoms with Gasteiger partial charge < -0.3 is 19.8 Å². The fourth-order valence-electron chi connectivity index (χ4n) is 3.01. The van der Waals surface area contributed by atoms with E-state index < -0.39 is 0 Å². The van der Waals surface area contributed by atoms with Gasteiger partial charge in [-0.25, -0.2) is 4.98 Å². The molecular formula is C23H21N5O3. The van der Waals surface area contributed by atoms with Crippen LogP contribution in [0.15, 0.2) is 73.3 Å². The lowest BCUT2D eigenvalue weighted by Gasteiger charge is -2.08. The van der Waals surface area contributed by atoms with Crippen molar-refractivity contribution >= 4 is 23.1 Å². The molecule has 0 aliphatic heterocycles. The summed E-state index contributed by atoms with van der Waals surface area (Å²) in [4.78, 5) is 32.8. The number of aromatic nitrogens is 3. The molecule has 4 rings (SSSR count). The number of imidazole rings is 1. The fraction of sp³-hybridized carbons (Fsp3) is 0.130. The highest BCUT2D eigenvalue weighted by atomic mass is 16.5. The quantitative estimate of drug-likeness (QED) is 0.484. The molecule has 0 atom stereocenters. The van der Waals surface area contributed by atoms with Crippen LogP contribution in [0.25, 0.3) is 5.65 Å². The Labute approximate surface area is 178 Å². The summed E-state index contributed by atoms with van der Waals surface area (Å²) < 4.78 is 7.76. The Morgan fingerprint density at radius 1 is 1.10 bits per heavy atom. The van der Waals surface area contributed by atoms with Crippen LogP contribution in [0.2, 0.25) is 0 Å². The Morgan fingerprint density at radius 3 is 2.84 bits per heavy atom. The molecule has 0 bridgehead atoms. The van der Waals surface area contributed by atoms with Gasteiger partial charge in [-0.05, 0) is 48.9 Å². The molecule has 1 aromatic carbocycles. The van der Waals surface area contributed by atoms with Crippen molar-refractivity contribution in [2.45, 2.75) is 13.5 Å². The third-order valence-electron chi connectivity index (χ3n) is 4.49. The van der Waals surface area contributed by atoms with Crippen LogP contribution in [0.1, 0.15) is 21.6 Å². The van der Waals surface area contributed by atoms with Crippen molar-refractivity contribution in [3.63, 3.8) is 0 Å². The molecule has 0 unspecified atom stereocenters. The molecule has 31 heavy (non-hydrogen) atoms. The van der Waals surface area contributed by atoms with E-state index in [9.17, 15) is 9.59 Å². The molecule has 0 aliphatic rings. The standard InChI is InChI=1S/C23H21N5O3/c1-16-7-8-21-26-19(14-28(21)13-16)15-31-20-6-2-4-17(10-20)23(30)25-12-22(29)27-18-5-3-9-24-11-18/h2-11,13-14H,12,15H2,1H3,(H,25,30)(H,27,29). The zero-order valence-corrected chi connectivity index (χ0v) is 16.9. The Hall–Kier alpha value is -4.20. The summed E-state index contributed by atoms with van der Waals surface area (Å²) in [5.74, 6) is -0.161. The van der Waals surface area contributed by atoms with Gasteiger partial charge in [-0.1, -0.05) is 12.1 Å². The molecule has 0 saturated carbocycles. The molecule has 8 nitrogen and oxygen atoms in total. The summed E-state index contributed by atoms with van der Waals surface area (Å²) in [7, 11) is 0. The van der Waals surface area contributed by atoms with E-state index in [0.717, 1.165) is 16.9 Å². The second-order valence-corrected chi connectivity index (χ2v) is 6.99. The summed E-state index contributed by atoms with van der Waals surface area (Å²) >= 11 is 0. The predicted molar refractivity (Wildman–Crippen MR) is 116 cm³/mol. The van der Waals surface area contributed by atoms with E-state index in [1.807, 2.05) is 35.9 Å². The van der Waals surface area contributed by atoms with Crippen molar-refractivity contribution in [2.24, 2.45) is 0 Å². The molecule has 2 N–H and O–H groups in total. The van der Waals surface area contributed by atoms with Gasteiger partial charge >= 0.3 is 0 Å². The zero-order chi connectivity index (χ0) is 21.6. The number of amides is 2. The van der Waals surface area contributed by atoms with Gasteiger partial charge in [-0.2, -0.15) is 0 Å². The lowest BCUT2D eigenvalue weighted by atomic mass is 10.2. The highest BCUT2D eigenvalue weighted by molar-refractivity contribution is 5.99. The number of anilines is 1. The number of fused-ring (bicyclic) bond motifs is 1. The first-order chi connectivity index (χ1) is 15.1. The first-order valence-electron chi connectivity index (χ1n) is 9.72. The van der Waals surface area contributed by atoms with Crippen LogP contribution in [0.3, 0.4) is 0 Å². The van der Waals surface area contributed by atoms with Gasteiger partial charge in [0.15, 0.2) is 0 Å². The Balaban J connectivity index is 1.32. The molecule has 0 fully saturated rings. The number of ether oxygens (including phenoxy) is 1. The van der Waals surface area contributed by atoms with Gasteiger partial charge in [0, 0.05) is 24.2 Å². The van der Waals surface area contributed by atoms with Crippen molar-refractivity contribution in [1.82, 2.24) is 19.7 Å². The van der Waals surface area contributed by atoms with Gasteiger partial charge in [0.05, 0.1) is 24.1 Å². The minimum absolute atomic E-state index is 0.153. The van der Waals surface area contributed by atoms with Crippen molar-refractivity contribution in [3.8, 4) is 5.75 Å². The summed E-state index contributed by atoms with van der Waals surface area (Å²) in [5.41, 5.74) is 3.75. The van der Waals surface area contributed by atoms with Crippen LogP contribution in [0.5, 0.6) is 5.75 Å². The van der Waals surface area contributed by atoms with Crippen LogP contribution >= 0.6 is 0 Å². The third kappa shape index (κ3) is 5.24. The normalized spacial score (nSPS) is 10.6. The van der Waals surface area contributed by atoms with Crippen LogP contribution in [-0.4, -0.2) is 32.7 Å². The first kappa shape index (κ1) is 20.1. The molecule has 0 spiro atoms. The van der Waals surface area contributed by atoms with E-state index in [4.69, 9.17) is 4.74 Å². The molecule has 3 heterocycles. The number of carbonyl (C=O) groups is 2. The van der Waals surface area contributed by atoms with Crippen molar-refractivity contribution in [1.29, 1.82) is 0 Å². The zero-order valence-electron chi connectivity index (χ0n) is 16.9. The van der Waals surface area contributed by atoms with Gasteiger partial charge in [0.2, 0.25) is 5.91 Å². The minimum atomic E-state index is -0.366. The maximum absolute atomic E-state index is 12.4. The third-order valence-corrected chi connectivity index (χ3v) is 4.49. The first-order valence-corrected chi connectivity index (χ1v) is 9.72. The van der Waals surface area contributed by atoms with E-state index >= 15 is 0 Å². The molecule has 4 aromatic rings. The minimum Gasteiger partial charge on any atom is -0.487 e. The molecule has 0 aliphatic carbocycles. The number of nitrogens with one attached hydrogen (secondary N) is 2. The molecular weight excluding hydrogens is 394 g/mol. The second-order valence-electron chi connectivity index (χ2n) is 6.99. The van der Waals surface area contributed by atoms with Gasteiger partial charge in [-0.3, -0.25) is 14.6 Å². The number of aryl methyl sites for hydroxylation is 1. The van der Waals surface area contributed by atoms with Crippen molar-refractivity contribution in [2.75, 3.05) is 11.9 Å². The molecule has 156 valence electrons. The predicted octanol–water partition coefficient (Wildman–Crippen LogP) is 2.99. The topological polar surface area (TPSA) is 97.6 Å². The number of hydrogen-bond donors (Lipinski definition) is 2. The number of pyridine rings is 2. The summed E-state index contributed by atoms with van der Waals surface area (Å²) in [6, 6.07) is 14.2. The van der Waals surface area contributed by atoms with Gasteiger partial charge in [0.25, 0.3) is 5.91 Å². The summed E-state index contributed by atoms with van der Waals surface area (Å²) in [5, 5.41) is 5.26. The average molecular weight is 415 g/mol.